The van der Waals surface area contributed by atoms with Crippen LogP contribution in [-0.4, -0.2) is 39.7 Å². The van der Waals surface area contributed by atoms with Crippen molar-refractivity contribution in [2.24, 2.45) is 5.92 Å². The molecule has 0 radical (unpaired) electrons. The van der Waals surface area contributed by atoms with Crippen LogP contribution in [0.5, 0.6) is 0 Å². The summed E-state index contributed by atoms with van der Waals surface area (Å²) in [7, 11) is 0. The number of carbonyl (C=O) groups excluding carboxylic acids is 3. The molecule has 252 valence electrons. The monoisotopic (exact) mass is 680 g/mol. The van der Waals surface area contributed by atoms with Crippen LogP contribution in [0.1, 0.15) is 81.8 Å². The number of halogens is 4. The van der Waals surface area contributed by atoms with Crippen molar-refractivity contribution in [3.8, 4) is 6.07 Å². The molecule has 48 heavy (non-hydrogen) atoms. The van der Waals surface area contributed by atoms with Crippen LogP contribution in [0.15, 0.2) is 66.9 Å². The number of nitrogens with one attached hydrogen (secondary N) is 1. The summed E-state index contributed by atoms with van der Waals surface area (Å²) in [6, 6.07) is 12.5. The van der Waals surface area contributed by atoms with Crippen molar-refractivity contribution < 1.29 is 32.7 Å². The predicted molar refractivity (Wildman–Crippen MR) is 175 cm³/mol. The topological polar surface area (TPSA) is 123 Å². The van der Waals surface area contributed by atoms with E-state index >= 15 is 4.39 Å². The van der Waals surface area contributed by atoms with E-state index in [-0.39, 0.29) is 40.5 Å². The van der Waals surface area contributed by atoms with Crippen LogP contribution >= 0.6 is 11.6 Å². The fraction of sp³-hybridized carbons (Fsp3) is 0.361. The molecule has 8 nitrogen and oxygen atoms in total. The summed E-state index contributed by atoms with van der Waals surface area (Å²) < 4.78 is 42.5. The number of allylic oxidation sites excluding steroid dienone is 2. The lowest BCUT2D eigenvalue weighted by Crippen LogP contribution is -2.54. The molecule has 0 spiro atoms. The number of pyridine rings is 1. The average Bonchev–Trinajstić information content (AvgIpc) is 3.01. The minimum Gasteiger partial charge on any atom is -0.386 e. The van der Waals surface area contributed by atoms with Gasteiger partial charge < -0.3 is 10.4 Å². The number of benzene rings is 2. The molecule has 2 amide bonds. The summed E-state index contributed by atoms with van der Waals surface area (Å²) in [4.78, 5) is 46.5. The van der Waals surface area contributed by atoms with Gasteiger partial charge >= 0.3 is 0 Å². The van der Waals surface area contributed by atoms with Gasteiger partial charge in [0.1, 0.15) is 11.9 Å². The number of amides is 2. The lowest BCUT2D eigenvalue weighted by molar-refractivity contribution is -0.133. The Labute approximate surface area is 282 Å². The molecule has 2 atom stereocenters. The zero-order valence-electron chi connectivity index (χ0n) is 26.9. The molecule has 1 heterocycles. The molecule has 1 fully saturated rings. The minimum atomic E-state index is -2.93. The summed E-state index contributed by atoms with van der Waals surface area (Å²) in [5.41, 5.74) is 0.0257. The fourth-order valence-electron chi connectivity index (χ4n) is 5.43. The zero-order valence-corrected chi connectivity index (χ0v) is 27.7. The van der Waals surface area contributed by atoms with Crippen molar-refractivity contribution in [3.63, 3.8) is 0 Å². The molecule has 2 N–H and O–H groups in total. The number of anilines is 1. The normalized spacial score (nSPS) is 15.9. The van der Waals surface area contributed by atoms with E-state index < -0.39 is 60.0 Å². The van der Waals surface area contributed by atoms with Crippen LogP contribution in [0.25, 0.3) is 5.57 Å². The summed E-state index contributed by atoms with van der Waals surface area (Å²) in [5, 5.41) is 22.6. The van der Waals surface area contributed by atoms with E-state index in [9.17, 15) is 28.3 Å². The highest BCUT2D eigenvalue weighted by Crippen LogP contribution is 2.40. The quantitative estimate of drug-likeness (QED) is 0.198. The van der Waals surface area contributed by atoms with Gasteiger partial charge in [-0.25, -0.2) is 13.2 Å². The van der Waals surface area contributed by atoms with Crippen LogP contribution in [0.3, 0.4) is 0 Å². The maximum Gasteiger partial charge on any atom is 0.252 e. The minimum absolute atomic E-state index is 0.0307. The Morgan fingerprint density at radius 1 is 1.19 bits per heavy atom. The van der Waals surface area contributed by atoms with Crippen molar-refractivity contribution in [2.45, 2.75) is 77.0 Å². The zero-order chi connectivity index (χ0) is 35.4. The number of alkyl halides is 2. The second kappa shape index (κ2) is 14.7. The smallest absolute Gasteiger partial charge is 0.252 e. The predicted octanol–water partition coefficient (Wildman–Crippen LogP) is 7.05. The first-order valence-electron chi connectivity index (χ1n) is 15.4. The van der Waals surface area contributed by atoms with Crippen molar-refractivity contribution in [2.75, 3.05) is 4.90 Å². The van der Waals surface area contributed by atoms with E-state index in [2.05, 4.69) is 10.3 Å². The number of ketones is 1. The first kappa shape index (κ1) is 36.3. The number of nitriles is 1. The molecular weight excluding hydrogens is 645 g/mol. The third kappa shape index (κ3) is 8.88. The Balaban J connectivity index is 1.71. The van der Waals surface area contributed by atoms with Crippen molar-refractivity contribution in [3.05, 3.63) is 100 Å². The van der Waals surface area contributed by atoms with E-state index in [1.54, 1.807) is 38.1 Å². The molecule has 2 unspecified atom stereocenters. The van der Waals surface area contributed by atoms with Crippen LogP contribution < -0.4 is 10.2 Å². The number of rotatable bonds is 12. The molecule has 1 aliphatic rings. The third-order valence-corrected chi connectivity index (χ3v) is 8.51. The highest BCUT2D eigenvalue weighted by molar-refractivity contribution is 6.31. The van der Waals surface area contributed by atoms with Crippen LogP contribution in [0.4, 0.5) is 18.9 Å². The molecule has 1 aromatic heterocycles. The lowest BCUT2D eigenvalue weighted by Gasteiger charge is -2.39. The summed E-state index contributed by atoms with van der Waals surface area (Å²) in [6.45, 7) is 6.10. The van der Waals surface area contributed by atoms with Gasteiger partial charge in [-0.3, -0.25) is 24.3 Å². The van der Waals surface area contributed by atoms with E-state index in [4.69, 9.17) is 16.9 Å². The maximum absolute atomic E-state index is 15.1. The van der Waals surface area contributed by atoms with E-state index in [1.165, 1.54) is 44.3 Å². The van der Waals surface area contributed by atoms with Crippen molar-refractivity contribution >= 4 is 40.5 Å². The van der Waals surface area contributed by atoms with Gasteiger partial charge in [-0.05, 0) is 80.8 Å². The largest absolute Gasteiger partial charge is 0.386 e. The number of nitrogens with zero attached hydrogens (tertiary/aromatic N) is 3. The Morgan fingerprint density at radius 2 is 1.88 bits per heavy atom. The molecule has 1 aliphatic carbocycles. The first-order chi connectivity index (χ1) is 22.5. The number of carbonyl (C=O) groups is 3. The highest BCUT2D eigenvalue weighted by atomic mass is 35.5. The average molecular weight is 681 g/mol. The van der Waals surface area contributed by atoms with Gasteiger partial charge in [0.05, 0.1) is 22.9 Å². The molecule has 0 bridgehead atoms. The molecule has 12 heteroatoms. The lowest BCUT2D eigenvalue weighted by atomic mass is 9.87. The number of hydrogen-bond acceptors (Lipinski definition) is 6. The second-order valence-electron chi connectivity index (χ2n) is 12.6. The van der Waals surface area contributed by atoms with Crippen LogP contribution in [0.2, 0.25) is 5.02 Å². The van der Waals surface area contributed by atoms with E-state index in [1.807, 2.05) is 6.07 Å². The highest BCUT2D eigenvalue weighted by Gasteiger charge is 2.47. The Morgan fingerprint density at radius 3 is 2.50 bits per heavy atom. The van der Waals surface area contributed by atoms with Crippen molar-refractivity contribution in [1.82, 2.24) is 10.3 Å². The van der Waals surface area contributed by atoms with E-state index in [0.717, 1.165) is 17.0 Å². The number of aromatic nitrogens is 1. The Kier molecular flexibility index (Phi) is 11.1. The summed E-state index contributed by atoms with van der Waals surface area (Å²) in [6.07, 6.45) is 1.63. The number of hydrogen-bond donors (Lipinski definition) is 2. The molecule has 4 rings (SSSR count). The molecular formula is C36H36ClF3N4O4. The molecule has 2 aromatic carbocycles. The van der Waals surface area contributed by atoms with E-state index in [0.29, 0.717) is 16.8 Å². The molecule has 0 aliphatic heterocycles. The molecule has 1 saturated carbocycles. The third-order valence-electron chi connectivity index (χ3n) is 8.16. The van der Waals surface area contributed by atoms with Gasteiger partial charge in [0.25, 0.3) is 5.92 Å². The standard InChI is InChI=1S/C36H36ClF3N4O4/c1-21(9-10-28(45)13-22(2)31-14-23(20-41)11-12-42-31)34(47)44(27-16-24(35(3,4)48)15-25(38)17-27)32(29-7-5-6-8-30(29)37)33(46)43-26-18-36(39,40)19-26/h5-8,11-17,21,26,32,48H,9-10,18-19H2,1-4H3,(H,43,46). The Hall–Kier alpha value is -4.53. The van der Waals surface area contributed by atoms with Gasteiger partial charge in [0, 0.05) is 53.7 Å². The summed E-state index contributed by atoms with van der Waals surface area (Å²) in [5.74, 6) is -6.42. The van der Waals surface area contributed by atoms with Gasteiger partial charge in [0.15, 0.2) is 5.78 Å². The van der Waals surface area contributed by atoms with Crippen LogP contribution in [0, 0.1) is 23.1 Å². The van der Waals surface area contributed by atoms with Gasteiger partial charge in [0.2, 0.25) is 11.8 Å². The number of aliphatic hydroxyl groups is 1. The fourth-order valence-corrected chi connectivity index (χ4v) is 5.67. The molecule has 0 saturated heterocycles. The van der Waals surface area contributed by atoms with Gasteiger partial charge in [-0.15, -0.1) is 0 Å². The second-order valence-corrected chi connectivity index (χ2v) is 13.0. The summed E-state index contributed by atoms with van der Waals surface area (Å²) >= 11 is 6.54. The Bertz CT molecular complexity index is 1780. The van der Waals surface area contributed by atoms with Crippen LogP contribution in [-0.2, 0) is 20.0 Å². The first-order valence-corrected chi connectivity index (χ1v) is 15.7. The SMILES string of the molecule is CC(=CC(=O)CCC(C)C(=O)N(c1cc(F)cc(C(C)(C)O)c1)C(C(=O)NC1CC(F)(F)C1)c1ccccc1Cl)c1cc(C#N)ccn1. The molecule has 3 aromatic rings. The van der Waals surface area contributed by atoms with Gasteiger partial charge in [-0.2, -0.15) is 5.26 Å². The maximum atomic E-state index is 15.1. The van der Waals surface area contributed by atoms with Crippen molar-refractivity contribution in [1.29, 1.82) is 5.26 Å². The van der Waals surface area contributed by atoms with Gasteiger partial charge in [-0.1, -0.05) is 36.7 Å².